The van der Waals surface area contributed by atoms with E-state index in [0.29, 0.717) is 18.2 Å². The Morgan fingerprint density at radius 2 is 2.00 bits per heavy atom. The second kappa shape index (κ2) is 6.43. The third kappa shape index (κ3) is 4.45. The summed E-state index contributed by atoms with van der Waals surface area (Å²) in [6.07, 6.45) is -4.43. The van der Waals surface area contributed by atoms with Crippen LogP contribution >= 0.6 is 0 Å². The maximum atomic E-state index is 12.5. The molecule has 0 aliphatic heterocycles. The third-order valence-electron chi connectivity index (χ3n) is 2.66. The van der Waals surface area contributed by atoms with Crippen LogP contribution < -0.4 is 10.6 Å². The summed E-state index contributed by atoms with van der Waals surface area (Å²) in [7, 11) is 1.83. The summed E-state index contributed by atoms with van der Waals surface area (Å²) in [5, 5.41) is 14.9. The maximum Gasteiger partial charge on any atom is 0.416 e. The lowest BCUT2D eigenvalue weighted by Gasteiger charge is -2.15. The molecule has 0 bridgehead atoms. The van der Waals surface area contributed by atoms with Crippen molar-refractivity contribution in [1.29, 1.82) is 5.26 Å². The number of nitrogens with one attached hydrogen (secondary N) is 2. The summed E-state index contributed by atoms with van der Waals surface area (Å²) in [4.78, 5) is 0. The summed E-state index contributed by atoms with van der Waals surface area (Å²) < 4.78 is 37.5. The third-order valence-corrected chi connectivity index (χ3v) is 2.66. The minimum Gasteiger partial charge on any atom is -0.384 e. The molecule has 0 heterocycles. The summed E-state index contributed by atoms with van der Waals surface area (Å²) in [5.74, 6) is 0.304. The van der Waals surface area contributed by atoms with Crippen molar-refractivity contribution in [1.82, 2.24) is 5.32 Å². The van der Waals surface area contributed by atoms with E-state index >= 15 is 0 Å². The number of alkyl halides is 3. The van der Waals surface area contributed by atoms with Gasteiger partial charge >= 0.3 is 6.18 Å². The van der Waals surface area contributed by atoms with E-state index in [1.165, 1.54) is 6.07 Å². The number of nitrogens with zero attached hydrogens (tertiary/aromatic N) is 1. The predicted molar refractivity (Wildman–Crippen MR) is 67.7 cm³/mol. The molecule has 1 rings (SSSR count). The van der Waals surface area contributed by atoms with Crippen molar-refractivity contribution in [2.24, 2.45) is 5.92 Å². The lowest BCUT2D eigenvalue weighted by molar-refractivity contribution is -0.137. The topological polar surface area (TPSA) is 47.8 Å². The highest BCUT2D eigenvalue weighted by molar-refractivity contribution is 5.59. The van der Waals surface area contributed by atoms with E-state index in [4.69, 9.17) is 5.26 Å². The lowest BCUT2D eigenvalue weighted by atomic mass is 10.1. The number of rotatable bonds is 5. The molecule has 1 aromatic carbocycles. The van der Waals surface area contributed by atoms with E-state index in [2.05, 4.69) is 10.6 Å². The summed E-state index contributed by atoms with van der Waals surface area (Å²) in [6.45, 7) is 3.37. The highest BCUT2D eigenvalue weighted by atomic mass is 19.4. The molecule has 3 nitrogen and oxygen atoms in total. The standard InChI is InChI=1S/C13H16F3N3/c1-9(7-18-2)8-19-12-4-3-11(13(14,15)16)5-10(12)6-17/h3-5,9,18-19H,7-8H2,1-2H3. The smallest absolute Gasteiger partial charge is 0.384 e. The molecule has 0 spiro atoms. The van der Waals surface area contributed by atoms with Crippen LogP contribution in [0, 0.1) is 17.2 Å². The molecular weight excluding hydrogens is 255 g/mol. The van der Waals surface area contributed by atoms with E-state index in [1.54, 1.807) is 6.07 Å². The fourth-order valence-corrected chi connectivity index (χ4v) is 1.67. The van der Waals surface area contributed by atoms with Crippen LogP contribution in [0.4, 0.5) is 18.9 Å². The van der Waals surface area contributed by atoms with E-state index < -0.39 is 11.7 Å². The van der Waals surface area contributed by atoms with Gasteiger partial charge in [-0.05, 0) is 37.7 Å². The molecule has 0 saturated carbocycles. The van der Waals surface area contributed by atoms with Gasteiger partial charge in [0.15, 0.2) is 0 Å². The Hall–Kier alpha value is -1.74. The molecule has 104 valence electrons. The highest BCUT2D eigenvalue weighted by Crippen LogP contribution is 2.31. The van der Waals surface area contributed by atoms with Crippen molar-refractivity contribution in [2.45, 2.75) is 13.1 Å². The molecule has 1 unspecified atom stereocenters. The van der Waals surface area contributed by atoms with Gasteiger partial charge < -0.3 is 10.6 Å². The van der Waals surface area contributed by atoms with Crippen molar-refractivity contribution >= 4 is 5.69 Å². The van der Waals surface area contributed by atoms with Crippen LogP contribution in [0.5, 0.6) is 0 Å². The summed E-state index contributed by atoms with van der Waals surface area (Å²) in [6, 6.07) is 4.93. The first-order valence-electron chi connectivity index (χ1n) is 5.88. The highest BCUT2D eigenvalue weighted by Gasteiger charge is 2.31. The molecule has 0 aromatic heterocycles. The fourth-order valence-electron chi connectivity index (χ4n) is 1.67. The fraction of sp³-hybridized carbons (Fsp3) is 0.462. The number of anilines is 1. The van der Waals surface area contributed by atoms with Crippen molar-refractivity contribution in [2.75, 3.05) is 25.5 Å². The van der Waals surface area contributed by atoms with E-state index in [1.807, 2.05) is 14.0 Å². The Morgan fingerprint density at radius 1 is 1.32 bits per heavy atom. The lowest BCUT2D eigenvalue weighted by Crippen LogP contribution is -2.23. The second-order valence-electron chi connectivity index (χ2n) is 4.41. The van der Waals surface area contributed by atoms with Crippen LogP contribution in [0.15, 0.2) is 18.2 Å². The first kappa shape index (κ1) is 15.3. The monoisotopic (exact) mass is 271 g/mol. The summed E-state index contributed by atoms with van der Waals surface area (Å²) in [5.41, 5.74) is -0.372. The quantitative estimate of drug-likeness (QED) is 0.865. The average Bonchev–Trinajstić information content (AvgIpc) is 2.35. The number of hydrogen-bond acceptors (Lipinski definition) is 3. The maximum absolute atomic E-state index is 12.5. The molecule has 1 atom stereocenters. The van der Waals surface area contributed by atoms with Gasteiger partial charge in [0.2, 0.25) is 0 Å². The number of hydrogen-bond donors (Lipinski definition) is 2. The molecular formula is C13H16F3N3. The van der Waals surface area contributed by atoms with E-state index in [0.717, 1.165) is 18.7 Å². The van der Waals surface area contributed by atoms with E-state index in [9.17, 15) is 13.2 Å². The first-order chi connectivity index (χ1) is 8.88. The molecule has 2 N–H and O–H groups in total. The largest absolute Gasteiger partial charge is 0.416 e. The summed E-state index contributed by atoms with van der Waals surface area (Å²) >= 11 is 0. The second-order valence-corrected chi connectivity index (χ2v) is 4.41. The van der Waals surface area contributed by atoms with Crippen LogP contribution in [0.1, 0.15) is 18.1 Å². The van der Waals surface area contributed by atoms with Gasteiger partial charge in [-0.3, -0.25) is 0 Å². The zero-order valence-electron chi connectivity index (χ0n) is 10.8. The molecule has 0 aliphatic rings. The van der Waals surface area contributed by atoms with Gasteiger partial charge in [-0.25, -0.2) is 0 Å². The average molecular weight is 271 g/mol. The van der Waals surface area contributed by atoms with Crippen LogP contribution in [0.25, 0.3) is 0 Å². The molecule has 0 fully saturated rings. The molecule has 0 aliphatic carbocycles. The molecule has 6 heteroatoms. The van der Waals surface area contributed by atoms with Crippen molar-refractivity contribution in [3.63, 3.8) is 0 Å². The van der Waals surface area contributed by atoms with Crippen LogP contribution in [-0.4, -0.2) is 20.1 Å². The van der Waals surface area contributed by atoms with Gasteiger partial charge in [0.1, 0.15) is 6.07 Å². The minimum atomic E-state index is -4.43. The Balaban J connectivity index is 2.83. The SMILES string of the molecule is CNCC(C)CNc1ccc(C(F)(F)F)cc1C#N. The predicted octanol–water partition coefficient (Wildman–Crippen LogP) is 2.84. The number of nitriles is 1. The Kier molecular flexibility index (Phi) is 5.19. The van der Waals surface area contributed by atoms with Gasteiger partial charge in [-0.1, -0.05) is 6.92 Å². The number of halogens is 3. The Labute approximate surface area is 110 Å². The van der Waals surface area contributed by atoms with Crippen molar-refractivity contribution in [3.8, 4) is 6.07 Å². The normalized spacial score (nSPS) is 12.8. The van der Waals surface area contributed by atoms with Gasteiger partial charge in [0, 0.05) is 6.54 Å². The van der Waals surface area contributed by atoms with Crippen molar-refractivity contribution < 1.29 is 13.2 Å². The molecule has 0 radical (unpaired) electrons. The molecule has 19 heavy (non-hydrogen) atoms. The minimum absolute atomic E-state index is 0.00600. The first-order valence-corrected chi connectivity index (χ1v) is 5.88. The number of benzene rings is 1. The zero-order chi connectivity index (χ0) is 14.5. The van der Waals surface area contributed by atoms with Gasteiger partial charge in [0.25, 0.3) is 0 Å². The van der Waals surface area contributed by atoms with E-state index in [-0.39, 0.29) is 5.56 Å². The zero-order valence-corrected chi connectivity index (χ0v) is 10.8. The van der Waals surface area contributed by atoms with Crippen molar-refractivity contribution in [3.05, 3.63) is 29.3 Å². The van der Waals surface area contributed by atoms with Crippen LogP contribution in [0.2, 0.25) is 0 Å². The van der Waals surface area contributed by atoms with Crippen LogP contribution in [0.3, 0.4) is 0 Å². The molecule has 1 aromatic rings. The molecule has 0 saturated heterocycles. The van der Waals surface area contributed by atoms with Gasteiger partial charge in [-0.15, -0.1) is 0 Å². The molecule has 0 amide bonds. The van der Waals surface area contributed by atoms with Gasteiger partial charge in [-0.2, -0.15) is 18.4 Å². The Bertz CT molecular complexity index is 463. The van der Waals surface area contributed by atoms with Crippen LogP contribution in [-0.2, 0) is 6.18 Å². The Morgan fingerprint density at radius 3 is 2.53 bits per heavy atom. The van der Waals surface area contributed by atoms with Gasteiger partial charge in [0.05, 0.1) is 16.8 Å².